The molecule has 0 radical (unpaired) electrons. The number of hydrogen-bond acceptors (Lipinski definition) is 5. The Labute approximate surface area is 123 Å². The van der Waals surface area contributed by atoms with E-state index in [1.807, 2.05) is 0 Å². The topological polar surface area (TPSA) is 54.0 Å². The summed E-state index contributed by atoms with van der Waals surface area (Å²) in [6.45, 7) is 7.36. The molecule has 1 saturated carbocycles. The lowest BCUT2D eigenvalue weighted by atomic mass is 9.93. The predicted octanol–water partition coefficient (Wildman–Crippen LogP) is 0.722. The van der Waals surface area contributed by atoms with Crippen LogP contribution in [0.15, 0.2) is 0 Å². The zero-order valence-corrected chi connectivity index (χ0v) is 13.4. The van der Waals surface area contributed by atoms with E-state index in [4.69, 9.17) is 9.47 Å². The Kier molecular flexibility index (Phi) is 8.64. The quantitative estimate of drug-likeness (QED) is 0.523. The third-order valence-corrected chi connectivity index (χ3v) is 4.10. The molecule has 1 fully saturated rings. The van der Waals surface area contributed by atoms with Crippen molar-refractivity contribution in [3.05, 3.63) is 0 Å². The minimum Gasteiger partial charge on any atom is -0.394 e. The summed E-state index contributed by atoms with van der Waals surface area (Å²) in [7, 11) is 3.45. The first kappa shape index (κ1) is 17.9. The molecule has 5 nitrogen and oxygen atoms in total. The maximum atomic E-state index is 9.96. The van der Waals surface area contributed by atoms with Gasteiger partial charge in [-0.05, 0) is 31.7 Å². The molecule has 1 rings (SSSR count). The number of nitrogens with one attached hydrogen (secondary N) is 1. The Morgan fingerprint density at radius 3 is 2.20 bits per heavy atom. The molecule has 0 heterocycles. The maximum absolute atomic E-state index is 9.96. The van der Waals surface area contributed by atoms with Crippen LogP contribution in [0.3, 0.4) is 0 Å². The van der Waals surface area contributed by atoms with E-state index in [1.165, 1.54) is 12.8 Å². The molecule has 5 heteroatoms. The third kappa shape index (κ3) is 5.66. The van der Waals surface area contributed by atoms with Crippen LogP contribution in [0.5, 0.6) is 0 Å². The van der Waals surface area contributed by atoms with Gasteiger partial charge in [0.1, 0.15) is 0 Å². The average molecular weight is 288 g/mol. The maximum Gasteiger partial charge on any atom is 0.0628 e. The molecular weight excluding hydrogens is 256 g/mol. The molecule has 0 bridgehead atoms. The molecule has 120 valence electrons. The number of aliphatic hydroxyl groups excluding tert-OH is 1. The average Bonchev–Trinajstić information content (AvgIpc) is 3.31. The van der Waals surface area contributed by atoms with E-state index in [9.17, 15) is 5.11 Å². The van der Waals surface area contributed by atoms with Crippen molar-refractivity contribution < 1.29 is 14.6 Å². The smallest absolute Gasteiger partial charge is 0.0628 e. The number of rotatable bonds is 13. The van der Waals surface area contributed by atoms with Crippen molar-refractivity contribution in [1.29, 1.82) is 0 Å². The standard InChI is InChI=1S/C15H32N2O3/c1-4-7-16-15(13-18,14-5-6-14)12-17(8-10-19-2)9-11-20-3/h14,16,18H,4-13H2,1-3H3. The van der Waals surface area contributed by atoms with Gasteiger partial charge in [0.15, 0.2) is 0 Å². The van der Waals surface area contributed by atoms with E-state index in [2.05, 4.69) is 17.1 Å². The molecule has 0 aliphatic heterocycles. The molecule has 0 saturated heterocycles. The fourth-order valence-electron chi connectivity index (χ4n) is 2.68. The van der Waals surface area contributed by atoms with Crippen LogP contribution in [0.25, 0.3) is 0 Å². The lowest BCUT2D eigenvalue weighted by Gasteiger charge is -2.38. The second-order valence-electron chi connectivity index (χ2n) is 5.78. The lowest BCUT2D eigenvalue weighted by molar-refractivity contribution is 0.0587. The van der Waals surface area contributed by atoms with Crippen molar-refractivity contribution in [2.75, 3.05) is 60.2 Å². The molecule has 20 heavy (non-hydrogen) atoms. The molecule has 1 aliphatic rings. The van der Waals surface area contributed by atoms with Crippen molar-refractivity contribution in [1.82, 2.24) is 10.2 Å². The third-order valence-electron chi connectivity index (χ3n) is 4.10. The Bertz CT molecular complexity index is 241. The van der Waals surface area contributed by atoms with Crippen LogP contribution in [-0.4, -0.2) is 75.8 Å². The highest BCUT2D eigenvalue weighted by Gasteiger charge is 2.45. The van der Waals surface area contributed by atoms with Gasteiger partial charge in [-0.15, -0.1) is 0 Å². The molecule has 1 unspecified atom stereocenters. The predicted molar refractivity (Wildman–Crippen MR) is 81.0 cm³/mol. The summed E-state index contributed by atoms with van der Waals surface area (Å²) in [4.78, 5) is 2.34. The Hall–Kier alpha value is -0.200. The van der Waals surface area contributed by atoms with Gasteiger partial charge in [0.25, 0.3) is 0 Å². The minimum atomic E-state index is -0.155. The summed E-state index contributed by atoms with van der Waals surface area (Å²) in [5, 5.41) is 13.6. The van der Waals surface area contributed by atoms with Crippen LogP contribution in [0, 0.1) is 5.92 Å². The number of methoxy groups -OCH3 is 2. The molecule has 0 aromatic heterocycles. The van der Waals surface area contributed by atoms with Crippen LogP contribution in [0.2, 0.25) is 0 Å². The van der Waals surface area contributed by atoms with Crippen molar-refractivity contribution in [2.45, 2.75) is 31.7 Å². The molecule has 0 aromatic carbocycles. The SMILES string of the molecule is CCCNC(CO)(CN(CCOC)CCOC)C1CC1. The second-order valence-corrected chi connectivity index (χ2v) is 5.78. The summed E-state index contributed by atoms with van der Waals surface area (Å²) in [5.41, 5.74) is -0.155. The van der Waals surface area contributed by atoms with Crippen molar-refractivity contribution in [2.24, 2.45) is 5.92 Å². The van der Waals surface area contributed by atoms with Gasteiger partial charge >= 0.3 is 0 Å². The fraction of sp³-hybridized carbons (Fsp3) is 1.00. The lowest BCUT2D eigenvalue weighted by Crippen LogP contribution is -2.58. The summed E-state index contributed by atoms with van der Waals surface area (Å²) >= 11 is 0. The van der Waals surface area contributed by atoms with Gasteiger partial charge in [-0.25, -0.2) is 0 Å². The second kappa shape index (κ2) is 9.68. The molecule has 1 atom stereocenters. The van der Waals surface area contributed by atoms with Gasteiger partial charge in [0.2, 0.25) is 0 Å². The first-order valence-electron chi connectivity index (χ1n) is 7.78. The number of ether oxygens (including phenoxy) is 2. The largest absolute Gasteiger partial charge is 0.394 e. The van der Waals surface area contributed by atoms with Gasteiger partial charge in [-0.3, -0.25) is 4.90 Å². The van der Waals surface area contributed by atoms with Crippen molar-refractivity contribution in [3.8, 4) is 0 Å². The molecule has 2 N–H and O–H groups in total. The summed E-state index contributed by atoms with van der Waals surface area (Å²) in [6, 6.07) is 0. The van der Waals surface area contributed by atoms with Gasteiger partial charge < -0.3 is 19.9 Å². The van der Waals surface area contributed by atoms with Crippen LogP contribution in [0.1, 0.15) is 26.2 Å². The van der Waals surface area contributed by atoms with Crippen LogP contribution in [-0.2, 0) is 9.47 Å². The number of hydrogen-bond donors (Lipinski definition) is 2. The molecule has 0 amide bonds. The van der Waals surface area contributed by atoms with E-state index >= 15 is 0 Å². The van der Waals surface area contributed by atoms with E-state index < -0.39 is 0 Å². The van der Waals surface area contributed by atoms with Gasteiger partial charge in [0, 0.05) is 33.9 Å². The Morgan fingerprint density at radius 1 is 1.20 bits per heavy atom. The normalized spacial score (nSPS) is 18.4. The van der Waals surface area contributed by atoms with Gasteiger partial charge in [-0.2, -0.15) is 0 Å². The van der Waals surface area contributed by atoms with Gasteiger partial charge in [0.05, 0.1) is 25.4 Å². The van der Waals surface area contributed by atoms with Crippen LogP contribution >= 0.6 is 0 Å². The highest BCUT2D eigenvalue weighted by Crippen LogP contribution is 2.40. The minimum absolute atomic E-state index is 0.155. The molecule has 0 spiro atoms. The Balaban J connectivity index is 2.61. The summed E-state index contributed by atoms with van der Waals surface area (Å²) in [5.74, 6) is 0.603. The number of nitrogens with zero attached hydrogens (tertiary/aromatic N) is 1. The van der Waals surface area contributed by atoms with E-state index in [-0.39, 0.29) is 12.1 Å². The van der Waals surface area contributed by atoms with Crippen LogP contribution < -0.4 is 5.32 Å². The highest BCUT2D eigenvalue weighted by molar-refractivity contribution is 5.02. The highest BCUT2D eigenvalue weighted by atomic mass is 16.5. The monoisotopic (exact) mass is 288 g/mol. The van der Waals surface area contributed by atoms with Crippen molar-refractivity contribution >= 4 is 0 Å². The van der Waals surface area contributed by atoms with Crippen molar-refractivity contribution in [3.63, 3.8) is 0 Å². The zero-order valence-electron chi connectivity index (χ0n) is 13.4. The van der Waals surface area contributed by atoms with Gasteiger partial charge in [-0.1, -0.05) is 6.92 Å². The van der Waals surface area contributed by atoms with E-state index in [0.717, 1.165) is 32.6 Å². The molecule has 0 aromatic rings. The first-order valence-corrected chi connectivity index (χ1v) is 7.78. The molecule has 1 aliphatic carbocycles. The van der Waals surface area contributed by atoms with E-state index in [0.29, 0.717) is 19.1 Å². The number of aliphatic hydroxyl groups is 1. The summed E-state index contributed by atoms with van der Waals surface area (Å²) in [6.07, 6.45) is 3.53. The van der Waals surface area contributed by atoms with E-state index in [1.54, 1.807) is 14.2 Å². The Morgan fingerprint density at radius 2 is 1.80 bits per heavy atom. The first-order chi connectivity index (χ1) is 9.72. The van der Waals surface area contributed by atoms with Crippen LogP contribution in [0.4, 0.5) is 0 Å². The fourth-order valence-corrected chi connectivity index (χ4v) is 2.68. The molecular formula is C15H32N2O3. The zero-order chi connectivity index (χ0) is 14.8. The summed E-state index contributed by atoms with van der Waals surface area (Å²) < 4.78 is 10.4.